The normalized spacial score (nSPS) is 13.1. The monoisotopic (exact) mass is 632 g/mol. The van der Waals surface area contributed by atoms with E-state index in [1.54, 1.807) is 48.7 Å². The number of hydrogen-bond donors (Lipinski definition) is 3. The van der Waals surface area contributed by atoms with Gasteiger partial charge in [0.05, 0.1) is 30.1 Å². The number of ether oxygens (including phenoxy) is 3. The number of thiazole rings is 1. The first-order valence-corrected chi connectivity index (χ1v) is 15.5. The topological polar surface area (TPSA) is 198 Å². The van der Waals surface area contributed by atoms with Crippen molar-refractivity contribution in [1.82, 2.24) is 25.3 Å². The van der Waals surface area contributed by atoms with E-state index in [-0.39, 0.29) is 36.5 Å². The first-order valence-electron chi connectivity index (χ1n) is 13.2. The number of rotatable bonds is 14. The van der Waals surface area contributed by atoms with Crippen molar-refractivity contribution < 1.29 is 37.3 Å². The molecule has 2 unspecified atom stereocenters. The highest BCUT2D eigenvalue weighted by molar-refractivity contribution is 7.91. The number of carbonyl (C=O) groups excluding carboxylic acids is 2. The van der Waals surface area contributed by atoms with Crippen LogP contribution in [-0.4, -0.2) is 71.7 Å². The van der Waals surface area contributed by atoms with Gasteiger partial charge in [-0.3, -0.25) is 4.79 Å². The summed E-state index contributed by atoms with van der Waals surface area (Å²) < 4.78 is 41.1. The zero-order valence-electron chi connectivity index (χ0n) is 23.7. The van der Waals surface area contributed by atoms with Gasteiger partial charge < -0.3 is 24.6 Å². The molecular weight excluding hydrogens is 600 g/mol. The van der Waals surface area contributed by atoms with E-state index in [0.717, 1.165) is 16.9 Å². The minimum absolute atomic E-state index is 0.0294. The van der Waals surface area contributed by atoms with Crippen molar-refractivity contribution in [3.8, 4) is 11.5 Å². The van der Waals surface area contributed by atoms with Crippen molar-refractivity contribution in [3.05, 3.63) is 59.9 Å². The van der Waals surface area contributed by atoms with Crippen LogP contribution >= 0.6 is 11.3 Å². The van der Waals surface area contributed by atoms with E-state index in [1.165, 1.54) is 11.8 Å². The number of carbonyl (C=O) groups is 2. The molecular formula is C27H32N6O8S2. The van der Waals surface area contributed by atoms with E-state index in [4.69, 9.17) is 24.5 Å². The summed E-state index contributed by atoms with van der Waals surface area (Å²) in [7, 11) is -2.66. The number of sulfonamides is 1. The molecule has 0 aliphatic rings. The number of esters is 1. The third-order valence-electron chi connectivity index (χ3n) is 6.24. The minimum atomic E-state index is -3.91. The average molecular weight is 633 g/mol. The molecule has 16 heteroatoms. The Balaban J connectivity index is 1.42. The van der Waals surface area contributed by atoms with E-state index < -0.39 is 34.0 Å². The number of aliphatic hydroxyl groups is 1. The maximum absolute atomic E-state index is 13.4. The van der Waals surface area contributed by atoms with Gasteiger partial charge in [-0.1, -0.05) is 31.2 Å². The molecule has 43 heavy (non-hydrogen) atoms. The van der Waals surface area contributed by atoms with Crippen LogP contribution in [0.3, 0.4) is 0 Å². The van der Waals surface area contributed by atoms with Crippen molar-refractivity contribution in [2.24, 2.45) is 11.1 Å². The molecule has 2 atom stereocenters. The van der Waals surface area contributed by atoms with E-state index >= 15 is 0 Å². The van der Waals surface area contributed by atoms with E-state index in [1.807, 2.05) is 13.8 Å². The number of nitrogens with one attached hydrogen (secondary N) is 1. The van der Waals surface area contributed by atoms with Crippen molar-refractivity contribution in [2.75, 3.05) is 20.3 Å². The summed E-state index contributed by atoms with van der Waals surface area (Å²) in [5.41, 5.74) is 1.69. The molecule has 230 valence electrons. The lowest BCUT2D eigenvalue weighted by atomic mass is 10.0. The summed E-state index contributed by atoms with van der Waals surface area (Å²) in [5, 5.41) is 25.1. The number of methoxy groups -OCH3 is 1. The molecule has 0 spiro atoms. The zero-order valence-corrected chi connectivity index (χ0v) is 25.3. The largest absolute Gasteiger partial charge is 0.491 e. The number of fused-ring (bicyclic) bond motifs is 1. The average Bonchev–Trinajstić information content (AvgIpc) is 3.62. The second-order valence-corrected chi connectivity index (χ2v) is 12.6. The first kappa shape index (κ1) is 31.8. The van der Waals surface area contributed by atoms with Gasteiger partial charge in [0.1, 0.15) is 42.5 Å². The van der Waals surface area contributed by atoms with Gasteiger partial charge >= 0.3 is 5.97 Å². The van der Waals surface area contributed by atoms with Gasteiger partial charge in [-0.2, -0.15) is 0 Å². The summed E-state index contributed by atoms with van der Waals surface area (Å²) in [4.78, 5) is 30.0. The van der Waals surface area contributed by atoms with E-state index in [9.17, 15) is 18.0 Å². The number of nitrogens with zero attached hydrogens (tertiary/aromatic N) is 4. The van der Waals surface area contributed by atoms with Gasteiger partial charge in [0, 0.05) is 6.42 Å². The van der Waals surface area contributed by atoms with Crippen LogP contribution in [-0.2, 0) is 37.4 Å². The molecule has 4 aromatic rings. The maximum atomic E-state index is 13.4. The second kappa shape index (κ2) is 13.9. The fourth-order valence-electron chi connectivity index (χ4n) is 4.21. The predicted molar refractivity (Wildman–Crippen MR) is 156 cm³/mol. The van der Waals surface area contributed by atoms with Crippen molar-refractivity contribution in [1.29, 1.82) is 0 Å². The number of nitrogens with two attached hydrogens (primary N) is 1. The Labute approximate surface area is 251 Å². The maximum Gasteiger partial charge on any atom is 0.328 e. The standard InChI is InChI=1S/C27H32N6O8S2/c1-16(2)24(25(35)29-22(26(36)39-3)12-17-4-6-19(7-5-17)40-11-10-34)33-14-18(31-32-33)15-41-20-8-9-21-23(13-20)42-27(30-21)43(28,37)38/h4-9,13-14,16,22,24,34H,10-12,15H2,1-3H3,(H,29,35)(H2,28,37,38). The number of aromatic nitrogens is 4. The first-order chi connectivity index (χ1) is 20.5. The highest BCUT2D eigenvalue weighted by Crippen LogP contribution is 2.28. The van der Waals surface area contributed by atoms with E-state index in [0.29, 0.717) is 27.4 Å². The number of amides is 1. The predicted octanol–water partition coefficient (Wildman–Crippen LogP) is 1.58. The van der Waals surface area contributed by atoms with Crippen molar-refractivity contribution >= 4 is 43.5 Å². The van der Waals surface area contributed by atoms with Gasteiger partial charge in [0.15, 0.2) is 0 Å². The summed E-state index contributed by atoms with van der Waals surface area (Å²) in [6, 6.07) is 10.2. The fraction of sp³-hybridized carbons (Fsp3) is 0.370. The summed E-state index contributed by atoms with van der Waals surface area (Å²) in [6.07, 6.45) is 1.77. The van der Waals surface area contributed by atoms with Crippen molar-refractivity contribution in [2.45, 2.75) is 43.3 Å². The molecule has 0 fully saturated rings. The Kier molecular flexibility index (Phi) is 10.3. The molecule has 4 rings (SSSR count). The smallest absolute Gasteiger partial charge is 0.328 e. The lowest BCUT2D eigenvalue weighted by molar-refractivity contribution is -0.145. The fourth-order valence-corrected chi connectivity index (χ4v) is 5.89. The quantitative estimate of drug-likeness (QED) is 0.171. The van der Waals surface area contributed by atoms with Crippen LogP contribution in [0.1, 0.15) is 31.1 Å². The van der Waals surface area contributed by atoms with Gasteiger partial charge in [-0.25, -0.2) is 28.0 Å². The zero-order chi connectivity index (χ0) is 31.1. The van der Waals surface area contributed by atoms with Crippen LogP contribution < -0.4 is 19.9 Å². The van der Waals surface area contributed by atoms with Crippen LogP contribution in [0.25, 0.3) is 10.2 Å². The lowest BCUT2D eigenvalue weighted by Gasteiger charge is -2.23. The minimum Gasteiger partial charge on any atom is -0.491 e. The van der Waals surface area contributed by atoms with Crippen LogP contribution in [0.4, 0.5) is 0 Å². The molecule has 0 saturated heterocycles. The van der Waals surface area contributed by atoms with Crippen LogP contribution in [0.2, 0.25) is 0 Å². The number of benzene rings is 2. The summed E-state index contributed by atoms with van der Waals surface area (Å²) in [6.45, 7) is 3.79. The highest BCUT2D eigenvalue weighted by Gasteiger charge is 2.30. The Morgan fingerprint density at radius 2 is 1.84 bits per heavy atom. The Bertz CT molecular complexity index is 1670. The van der Waals surface area contributed by atoms with E-state index in [2.05, 4.69) is 20.6 Å². The number of aliphatic hydroxyl groups excluding tert-OH is 1. The van der Waals surface area contributed by atoms with Gasteiger partial charge in [-0.15, -0.1) is 16.4 Å². The molecule has 0 aliphatic carbocycles. The summed E-state index contributed by atoms with van der Waals surface area (Å²) in [5.74, 6) is -0.218. The molecule has 2 heterocycles. The number of hydrogen-bond acceptors (Lipinski definition) is 12. The Morgan fingerprint density at radius 3 is 2.49 bits per heavy atom. The molecule has 2 aromatic carbocycles. The molecule has 0 bridgehead atoms. The van der Waals surface area contributed by atoms with Gasteiger partial charge in [0.2, 0.25) is 10.2 Å². The third kappa shape index (κ3) is 8.25. The third-order valence-corrected chi connectivity index (χ3v) is 8.58. The molecule has 0 radical (unpaired) electrons. The highest BCUT2D eigenvalue weighted by atomic mass is 32.2. The Hall–Kier alpha value is -4.12. The molecule has 14 nitrogen and oxygen atoms in total. The van der Waals surface area contributed by atoms with Crippen molar-refractivity contribution in [3.63, 3.8) is 0 Å². The lowest BCUT2D eigenvalue weighted by Crippen LogP contribution is -2.47. The van der Waals surface area contributed by atoms with Crippen LogP contribution in [0.15, 0.2) is 53.0 Å². The molecule has 2 aromatic heterocycles. The SMILES string of the molecule is COC(=O)C(Cc1ccc(OCCO)cc1)NC(=O)C(C(C)C)n1cc(COc2ccc3nc(S(N)(=O)=O)sc3c2)nn1. The Morgan fingerprint density at radius 1 is 1.12 bits per heavy atom. The van der Waals surface area contributed by atoms with Crippen LogP contribution in [0.5, 0.6) is 11.5 Å². The van der Waals surface area contributed by atoms with Gasteiger partial charge in [-0.05, 0) is 41.8 Å². The van der Waals surface area contributed by atoms with Crippen LogP contribution in [0, 0.1) is 5.92 Å². The number of primary sulfonamides is 1. The molecule has 4 N–H and O–H groups in total. The molecule has 0 saturated carbocycles. The molecule has 0 aliphatic heterocycles. The van der Waals surface area contributed by atoms with Gasteiger partial charge in [0.25, 0.3) is 10.0 Å². The summed E-state index contributed by atoms with van der Waals surface area (Å²) >= 11 is 0.939. The molecule has 1 amide bonds. The second-order valence-electron chi connectivity index (χ2n) is 9.83.